The maximum absolute atomic E-state index is 12.8. The molecule has 7 heteroatoms. The number of hydrogen-bond acceptors (Lipinski definition) is 6. The quantitative estimate of drug-likeness (QED) is 0.592. The molecule has 3 N–H and O–H groups in total. The van der Waals surface area contributed by atoms with Crippen molar-refractivity contribution in [1.82, 2.24) is 10.2 Å². The van der Waals surface area contributed by atoms with Crippen molar-refractivity contribution in [2.45, 2.75) is 67.7 Å². The van der Waals surface area contributed by atoms with Crippen LogP contribution in [0.25, 0.3) is 6.08 Å². The highest BCUT2D eigenvalue weighted by Gasteiger charge is 2.73. The van der Waals surface area contributed by atoms with Crippen LogP contribution in [0.3, 0.4) is 0 Å². The molecule has 178 valence electrons. The summed E-state index contributed by atoms with van der Waals surface area (Å²) >= 11 is 0. The number of nitrogens with zero attached hydrogens (tertiary/aromatic N) is 1. The molecule has 1 spiro atoms. The number of piperidine rings is 1. The smallest absolute Gasteiger partial charge is 0.244 e. The van der Waals surface area contributed by atoms with Gasteiger partial charge >= 0.3 is 0 Å². The Kier molecular flexibility index (Phi) is 4.31. The lowest BCUT2D eigenvalue weighted by Gasteiger charge is -2.64. The van der Waals surface area contributed by atoms with E-state index in [2.05, 4.69) is 10.2 Å². The van der Waals surface area contributed by atoms with Gasteiger partial charge in [-0.15, -0.1) is 0 Å². The Bertz CT molecular complexity index is 1170. The number of hydrogen-bond donors (Lipinski definition) is 3. The van der Waals surface area contributed by atoms with Gasteiger partial charge in [-0.05, 0) is 74.8 Å². The van der Waals surface area contributed by atoms with Crippen molar-refractivity contribution in [2.24, 2.45) is 5.92 Å². The highest BCUT2D eigenvalue weighted by molar-refractivity contribution is 5.92. The summed E-state index contributed by atoms with van der Waals surface area (Å²) in [6.45, 7) is 1.95. The van der Waals surface area contributed by atoms with Crippen LogP contribution in [0.4, 0.5) is 0 Å². The van der Waals surface area contributed by atoms with Gasteiger partial charge in [-0.2, -0.15) is 0 Å². The first-order valence-corrected chi connectivity index (χ1v) is 12.5. The maximum atomic E-state index is 12.8. The average molecular weight is 463 g/mol. The molecule has 1 aromatic carbocycles. The molecule has 0 radical (unpaired) electrons. The second kappa shape index (κ2) is 7.12. The Morgan fingerprint density at radius 3 is 2.91 bits per heavy atom. The molecule has 1 saturated heterocycles. The third-order valence-electron chi connectivity index (χ3n) is 9.06. The van der Waals surface area contributed by atoms with E-state index in [4.69, 9.17) is 9.15 Å². The molecule has 34 heavy (non-hydrogen) atoms. The van der Waals surface area contributed by atoms with E-state index >= 15 is 0 Å². The predicted octanol–water partition coefficient (Wildman–Crippen LogP) is 2.75. The summed E-state index contributed by atoms with van der Waals surface area (Å²) < 4.78 is 11.5. The number of carbonyl (C=O) groups is 1. The van der Waals surface area contributed by atoms with Crippen LogP contribution in [0.15, 0.2) is 41.2 Å². The molecular formula is C27H30N2O5. The Morgan fingerprint density at radius 1 is 1.24 bits per heavy atom. The standard InChI is InChI=1S/C27H30N2O5/c30-20-5-4-18-13-21-27(32)9-7-19(28-22(31)6-3-17-8-12-33-15-17)25-26(27,23(18)24(20)34-25)10-11-29(21)14-16-1-2-16/h3-6,8,12,15-16,19,21,25,30,32H,1-2,7,9-11,13-14H2,(H,28,31)/t19-,21-,25+,26+,27-/m1/s1. The number of nitrogens with one attached hydrogen (secondary N) is 1. The number of furan rings is 1. The van der Waals surface area contributed by atoms with E-state index in [1.807, 2.05) is 6.07 Å². The largest absolute Gasteiger partial charge is 0.504 e. The summed E-state index contributed by atoms with van der Waals surface area (Å²) in [4.78, 5) is 15.3. The molecule has 1 aromatic heterocycles. The summed E-state index contributed by atoms with van der Waals surface area (Å²) in [5.41, 5.74) is 1.41. The van der Waals surface area contributed by atoms with Crippen LogP contribution in [-0.4, -0.2) is 57.9 Å². The van der Waals surface area contributed by atoms with Gasteiger partial charge in [0, 0.05) is 29.8 Å². The molecule has 3 fully saturated rings. The zero-order valence-electron chi connectivity index (χ0n) is 19.1. The molecule has 2 aliphatic heterocycles. The number of amides is 1. The molecule has 5 aliphatic rings. The number of phenolic OH excluding ortho intramolecular Hbond substituents is 1. The fraction of sp³-hybridized carbons (Fsp3) is 0.519. The van der Waals surface area contributed by atoms with Gasteiger partial charge in [-0.3, -0.25) is 9.69 Å². The van der Waals surface area contributed by atoms with Crippen molar-refractivity contribution in [2.75, 3.05) is 13.1 Å². The number of aliphatic hydroxyl groups is 1. The average Bonchev–Trinajstić information content (AvgIpc) is 3.33. The van der Waals surface area contributed by atoms with E-state index in [1.165, 1.54) is 18.9 Å². The number of aromatic hydroxyl groups is 1. The fourth-order valence-electron chi connectivity index (χ4n) is 7.40. The van der Waals surface area contributed by atoms with E-state index in [0.29, 0.717) is 18.6 Å². The Labute approximate surface area is 198 Å². The number of benzene rings is 1. The molecule has 1 amide bonds. The second-order valence-electron chi connectivity index (χ2n) is 10.8. The predicted molar refractivity (Wildman–Crippen MR) is 124 cm³/mol. The lowest BCUT2D eigenvalue weighted by Crippen LogP contribution is -2.78. The van der Waals surface area contributed by atoms with Crippen LogP contribution in [-0.2, 0) is 16.6 Å². The van der Waals surface area contributed by atoms with Gasteiger partial charge in [0.2, 0.25) is 5.91 Å². The number of carbonyl (C=O) groups excluding carboxylic acids is 1. The van der Waals surface area contributed by atoms with Crippen molar-refractivity contribution in [1.29, 1.82) is 0 Å². The van der Waals surface area contributed by atoms with E-state index in [1.54, 1.807) is 30.7 Å². The van der Waals surface area contributed by atoms with Crippen molar-refractivity contribution < 1.29 is 24.2 Å². The monoisotopic (exact) mass is 462 g/mol. The van der Waals surface area contributed by atoms with Gasteiger partial charge in [0.15, 0.2) is 11.5 Å². The first-order chi connectivity index (χ1) is 16.5. The molecule has 5 atom stereocenters. The van der Waals surface area contributed by atoms with Crippen LogP contribution in [0.1, 0.15) is 48.8 Å². The van der Waals surface area contributed by atoms with Gasteiger partial charge in [0.05, 0.1) is 29.6 Å². The van der Waals surface area contributed by atoms with Gasteiger partial charge in [-0.1, -0.05) is 6.07 Å². The molecule has 0 unspecified atom stereocenters. The Hall–Kier alpha value is -2.77. The lowest BCUT2D eigenvalue weighted by atomic mass is 9.48. The highest BCUT2D eigenvalue weighted by Crippen LogP contribution is 2.65. The third kappa shape index (κ3) is 2.74. The summed E-state index contributed by atoms with van der Waals surface area (Å²) in [6.07, 6.45) is 11.3. The van der Waals surface area contributed by atoms with Crippen molar-refractivity contribution in [3.8, 4) is 11.5 Å². The van der Waals surface area contributed by atoms with Gasteiger partial charge < -0.3 is 24.7 Å². The van der Waals surface area contributed by atoms with E-state index < -0.39 is 17.1 Å². The number of likely N-dealkylation sites (tertiary alicyclic amines) is 1. The molecule has 2 aromatic rings. The van der Waals surface area contributed by atoms with Gasteiger partial charge in [-0.25, -0.2) is 0 Å². The topological polar surface area (TPSA) is 95.2 Å². The Morgan fingerprint density at radius 2 is 2.12 bits per heavy atom. The molecular weight excluding hydrogens is 432 g/mol. The molecule has 3 aliphatic carbocycles. The first-order valence-electron chi connectivity index (χ1n) is 12.5. The van der Waals surface area contributed by atoms with Gasteiger partial charge in [0.25, 0.3) is 0 Å². The van der Waals surface area contributed by atoms with Crippen molar-refractivity contribution >= 4 is 12.0 Å². The molecule has 2 saturated carbocycles. The zero-order valence-corrected chi connectivity index (χ0v) is 19.1. The third-order valence-corrected chi connectivity index (χ3v) is 9.06. The fourth-order valence-corrected chi connectivity index (χ4v) is 7.40. The Balaban J connectivity index is 1.25. The van der Waals surface area contributed by atoms with E-state index in [-0.39, 0.29) is 23.7 Å². The van der Waals surface area contributed by atoms with Crippen LogP contribution >= 0.6 is 0 Å². The van der Waals surface area contributed by atoms with Gasteiger partial charge in [0.1, 0.15) is 6.10 Å². The minimum absolute atomic E-state index is 0.0357. The van der Waals surface area contributed by atoms with Crippen molar-refractivity contribution in [3.63, 3.8) is 0 Å². The second-order valence-corrected chi connectivity index (χ2v) is 10.8. The minimum Gasteiger partial charge on any atom is -0.504 e. The molecule has 7 rings (SSSR count). The molecule has 2 bridgehead atoms. The van der Waals surface area contributed by atoms with E-state index in [0.717, 1.165) is 48.5 Å². The lowest BCUT2D eigenvalue weighted by molar-refractivity contribution is -0.192. The summed E-state index contributed by atoms with van der Waals surface area (Å²) in [7, 11) is 0. The normalized spacial score (nSPS) is 35.7. The molecule has 7 nitrogen and oxygen atoms in total. The summed E-state index contributed by atoms with van der Waals surface area (Å²) in [5, 5.41) is 26.3. The zero-order chi connectivity index (χ0) is 23.1. The van der Waals surface area contributed by atoms with E-state index in [9.17, 15) is 15.0 Å². The number of phenols is 1. The maximum Gasteiger partial charge on any atom is 0.244 e. The van der Waals surface area contributed by atoms with Crippen molar-refractivity contribution in [3.05, 3.63) is 53.5 Å². The number of rotatable bonds is 5. The minimum atomic E-state index is -0.940. The molecule has 3 heterocycles. The van der Waals surface area contributed by atoms with Crippen LogP contribution in [0.5, 0.6) is 11.5 Å². The summed E-state index contributed by atoms with van der Waals surface area (Å²) in [5.74, 6) is 1.18. The first kappa shape index (κ1) is 20.6. The van der Waals surface area contributed by atoms with Crippen LogP contribution in [0, 0.1) is 5.92 Å². The SMILES string of the molecule is O=C(C=Cc1ccoc1)N[C@@H]1CC[C@@]2(O)[C@H]3Cc4ccc(O)c5c4[C@@]2(CCN3CC2CC2)[C@H]1O5. The highest BCUT2D eigenvalue weighted by atomic mass is 16.5. The van der Waals surface area contributed by atoms with Crippen LogP contribution < -0.4 is 10.1 Å². The van der Waals surface area contributed by atoms with Crippen LogP contribution in [0.2, 0.25) is 0 Å². The summed E-state index contributed by atoms with van der Waals surface area (Å²) in [6, 6.07) is 5.30. The number of ether oxygens (including phenoxy) is 1.